The first-order valence-corrected chi connectivity index (χ1v) is 11.5. The first-order chi connectivity index (χ1) is 17.5. The molecule has 0 saturated carbocycles. The molecule has 1 fully saturated rings. The molecule has 37 heavy (non-hydrogen) atoms. The van der Waals surface area contributed by atoms with Crippen molar-refractivity contribution in [1.82, 2.24) is 9.91 Å². The Morgan fingerprint density at radius 2 is 1.81 bits per heavy atom. The molecule has 0 radical (unpaired) electrons. The van der Waals surface area contributed by atoms with Crippen molar-refractivity contribution in [3.05, 3.63) is 65.7 Å². The maximum Gasteiger partial charge on any atom is 0.419 e. The smallest absolute Gasteiger partial charge is 0.419 e. The number of piperidine rings is 1. The quantitative estimate of drug-likeness (QED) is 0.606. The molecule has 0 aliphatic carbocycles. The Bertz CT molecular complexity index is 1220. The third-order valence-electron chi connectivity index (χ3n) is 6.38. The van der Waals surface area contributed by atoms with Gasteiger partial charge < -0.3 is 20.1 Å². The number of amides is 3. The third kappa shape index (κ3) is 5.37. The van der Waals surface area contributed by atoms with Crippen LogP contribution in [-0.4, -0.2) is 66.4 Å². The molecular formula is C25H25F3N4O5. The Hall–Kier alpha value is -4.09. The zero-order chi connectivity index (χ0) is 26.8. The number of hydrazone groups is 1. The third-order valence-corrected chi connectivity index (χ3v) is 6.38. The van der Waals surface area contributed by atoms with Crippen molar-refractivity contribution in [1.29, 1.82) is 0 Å². The van der Waals surface area contributed by atoms with Gasteiger partial charge in [-0.1, -0.05) is 42.5 Å². The van der Waals surface area contributed by atoms with Gasteiger partial charge in [0, 0.05) is 26.6 Å². The molecule has 2 aromatic carbocycles. The molecule has 2 aliphatic heterocycles. The molecule has 1 saturated heterocycles. The molecule has 0 spiro atoms. The second kappa shape index (κ2) is 10.1. The average molecular weight is 518 g/mol. The van der Waals surface area contributed by atoms with Crippen molar-refractivity contribution < 1.29 is 37.0 Å². The minimum absolute atomic E-state index is 0.0551. The van der Waals surface area contributed by atoms with E-state index < -0.39 is 47.6 Å². The van der Waals surface area contributed by atoms with Crippen LogP contribution < -0.4 is 10.5 Å². The molecule has 2 aliphatic rings. The van der Waals surface area contributed by atoms with Crippen LogP contribution >= 0.6 is 0 Å². The van der Waals surface area contributed by atoms with Crippen molar-refractivity contribution in [2.45, 2.75) is 25.1 Å². The summed E-state index contributed by atoms with van der Waals surface area (Å²) in [5.41, 5.74) is 4.47. The number of hydrogen-bond acceptors (Lipinski definition) is 6. The number of primary amides is 1. The summed E-state index contributed by atoms with van der Waals surface area (Å²) in [6.07, 6.45) is -7.03. The molecule has 9 nitrogen and oxygen atoms in total. The van der Waals surface area contributed by atoms with Crippen LogP contribution in [-0.2, 0) is 26.9 Å². The fraction of sp³-hybridized carbons (Fsp3) is 0.360. The molecule has 0 aromatic heterocycles. The van der Waals surface area contributed by atoms with Gasteiger partial charge in [0.1, 0.15) is 17.8 Å². The largest absolute Gasteiger partial charge is 0.489 e. The molecule has 3 amide bonds. The molecule has 2 heterocycles. The minimum atomic E-state index is -4.69. The Labute approximate surface area is 210 Å². The molecule has 2 N–H and O–H groups in total. The van der Waals surface area contributed by atoms with Crippen molar-refractivity contribution in [3.8, 4) is 5.75 Å². The van der Waals surface area contributed by atoms with E-state index in [-0.39, 0.29) is 31.8 Å². The molecule has 12 heteroatoms. The minimum Gasteiger partial charge on any atom is -0.489 e. The van der Waals surface area contributed by atoms with E-state index in [4.69, 9.17) is 15.2 Å². The standard InChI is InChI=1S/C25H25F3N4O5/c1-31-22(34)24(13-16-7-3-2-4-8-16)15-32(12-11-20(24)30-31)21(33)19(37-23(29)35)14-36-18-10-6-5-9-17(18)25(26,27)28/h2-10,19H,11-15H2,1H3,(H2,29,35)/t19?,24-/m1/s1. The van der Waals surface area contributed by atoms with Gasteiger partial charge in [-0.05, 0) is 24.1 Å². The van der Waals surface area contributed by atoms with Crippen LogP contribution in [0.4, 0.5) is 18.0 Å². The number of ether oxygens (including phenoxy) is 2. The molecule has 2 atom stereocenters. The van der Waals surface area contributed by atoms with Crippen molar-refractivity contribution >= 4 is 23.6 Å². The Kier molecular flexibility index (Phi) is 7.10. The summed E-state index contributed by atoms with van der Waals surface area (Å²) >= 11 is 0. The van der Waals surface area contributed by atoms with Crippen LogP contribution in [0, 0.1) is 5.41 Å². The number of likely N-dealkylation sites (tertiary alicyclic amines) is 1. The van der Waals surface area contributed by atoms with E-state index in [9.17, 15) is 27.6 Å². The fourth-order valence-electron chi connectivity index (χ4n) is 4.71. The highest BCUT2D eigenvalue weighted by Crippen LogP contribution is 2.39. The summed E-state index contributed by atoms with van der Waals surface area (Å²) in [4.78, 5) is 39.6. The van der Waals surface area contributed by atoms with E-state index >= 15 is 0 Å². The number of carbonyl (C=O) groups is 3. The van der Waals surface area contributed by atoms with E-state index in [0.29, 0.717) is 5.71 Å². The van der Waals surface area contributed by atoms with Crippen LogP contribution in [0.25, 0.3) is 0 Å². The predicted molar refractivity (Wildman–Crippen MR) is 125 cm³/mol. The molecule has 4 rings (SSSR count). The van der Waals surface area contributed by atoms with Crippen LogP contribution in [0.15, 0.2) is 59.7 Å². The molecule has 1 unspecified atom stereocenters. The van der Waals surface area contributed by atoms with Gasteiger partial charge in [0.15, 0.2) is 0 Å². The van der Waals surface area contributed by atoms with Gasteiger partial charge in [-0.3, -0.25) is 9.59 Å². The second-order valence-corrected chi connectivity index (χ2v) is 8.86. The van der Waals surface area contributed by atoms with E-state index in [0.717, 1.165) is 17.7 Å². The number of benzene rings is 2. The van der Waals surface area contributed by atoms with Crippen LogP contribution in [0.3, 0.4) is 0 Å². The zero-order valence-corrected chi connectivity index (χ0v) is 19.9. The highest BCUT2D eigenvalue weighted by Gasteiger charge is 2.54. The molecular weight excluding hydrogens is 493 g/mol. The second-order valence-electron chi connectivity index (χ2n) is 8.86. The van der Waals surface area contributed by atoms with Gasteiger partial charge >= 0.3 is 12.3 Å². The maximum absolute atomic E-state index is 13.4. The number of para-hydroxylation sites is 1. The number of carbonyl (C=O) groups excluding carboxylic acids is 3. The number of halogens is 3. The summed E-state index contributed by atoms with van der Waals surface area (Å²) in [5, 5.41) is 5.63. The Balaban J connectivity index is 1.57. The first kappa shape index (κ1) is 26.0. The number of rotatable bonds is 7. The number of nitrogens with two attached hydrogens (primary N) is 1. The summed E-state index contributed by atoms with van der Waals surface area (Å²) in [6, 6.07) is 13.7. The Morgan fingerprint density at radius 1 is 1.14 bits per heavy atom. The van der Waals surface area contributed by atoms with Crippen molar-refractivity contribution in [3.63, 3.8) is 0 Å². The first-order valence-electron chi connectivity index (χ1n) is 11.5. The molecule has 196 valence electrons. The number of hydrogen-bond donors (Lipinski definition) is 1. The number of nitrogens with zero attached hydrogens (tertiary/aromatic N) is 3. The van der Waals surface area contributed by atoms with Crippen LogP contribution in [0.1, 0.15) is 17.5 Å². The van der Waals surface area contributed by atoms with Gasteiger partial charge in [-0.25, -0.2) is 9.80 Å². The monoisotopic (exact) mass is 518 g/mol. The highest BCUT2D eigenvalue weighted by atomic mass is 19.4. The van der Waals surface area contributed by atoms with E-state index in [2.05, 4.69) is 5.10 Å². The lowest BCUT2D eigenvalue weighted by molar-refractivity contribution is -0.146. The molecule has 2 aromatic rings. The summed E-state index contributed by atoms with van der Waals surface area (Å²) < 4.78 is 50.2. The van der Waals surface area contributed by atoms with Crippen LogP contribution in [0.5, 0.6) is 5.75 Å². The maximum atomic E-state index is 13.4. The van der Waals surface area contributed by atoms with Crippen molar-refractivity contribution in [2.24, 2.45) is 16.3 Å². The van der Waals surface area contributed by atoms with E-state index in [1.165, 1.54) is 29.1 Å². The van der Waals surface area contributed by atoms with Gasteiger partial charge in [0.25, 0.3) is 11.8 Å². The average Bonchev–Trinajstić information content (AvgIpc) is 3.10. The van der Waals surface area contributed by atoms with Gasteiger partial charge in [0.05, 0.1) is 11.3 Å². The van der Waals surface area contributed by atoms with Crippen LogP contribution in [0.2, 0.25) is 0 Å². The van der Waals surface area contributed by atoms with E-state index in [1.54, 1.807) is 0 Å². The molecule has 0 bridgehead atoms. The predicted octanol–water partition coefficient (Wildman–Crippen LogP) is 2.84. The lowest BCUT2D eigenvalue weighted by Crippen LogP contribution is -2.58. The summed E-state index contributed by atoms with van der Waals surface area (Å²) in [6.45, 7) is -0.598. The SMILES string of the molecule is CN1N=C2CCN(C(=O)C(COc3ccccc3C(F)(F)F)OC(N)=O)C[C@@]2(Cc2ccccc2)C1=O. The van der Waals surface area contributed by atoms with Gasteiger partial charge in [-0.15, -0.1) is 0 Å². The highest BCUT2D eigenvalue weighted by molar-refractivity contribution is 6.13. The fourth-order valence-corrected chi connectivity index (χ4v) is 4.71. The van der Waals surface area contributed by atoms with Gasteiger partial charge in [-0.2, -0.15) is 18.3 Å². The van der Waals surface area contributed by atoms with E-state index in [1.807, 2.05) is 30.3 Å². The summed E-state index contributed by atoms with van der Waals surface area (Å²) in [5.74, 6) is -1.55. The van der Waals surface area contributed by atoms with Gasteiger partial charge in [0.2, 0.25) is 6.10 Å². The Morgan fingerprint density at radius 3 is 2.49 bits per heavy atom. The normalized spacial score (nSPS) is 20.2. The lowest BCUT2D eigenvalue weighted by atomic mass is 9.73. The van der Waals surface area contributed by atoms with Crippen molar-refractivity contribution in [2.75, 3.05) is 26.7 Å². The lowest BCUT2D eigenvalue weighted by Gasteiger charge is -2.40. The zero-order valence-electron chi connectivity index (χ0n) is 19.9. The number of fused-ring (bicyclic) bond motifs is 1. The topological polar surface area (TPSA) is 115 Å². The number of alkyl halides is 3. The summed E-state index contributed by atoms with van der Waals surface area (Å²) in [7, 11) is 1.54.